The molecular weight excluding hydrogens is 453 g/mol. The molecule has 0 saturated heterocycles. The largest absolute Gasteiger partial charge is 0.348 e. The van der Waals surface area contributed by atoms with Crippen LogP contribution in [0.4, 0.5) is 18.9 Å². The first-order chi connectivity index (χ1) is 15.6. The lowest BCUT2D eigenvalue weighted by molar-refractivity contribution is -0.122. The molecule has 0 unspecified atom stereocenters. The van der Waals surface area contributed by atoms with Crippen LogP contribution in [-0.2, 0) is 23.3 Å². The second-order valence-electron chi connectivity index (χ2n) is 8.37. The molecule has 0 saturated carbocycles. The molecule has 0 bridgehead atoms. The van der Waals surface area contributed by atoms with E-state index >= 15 is 0 Å². The fourth-order valence-electron chi connectivity index (χ4n) is 3.93. The van der Waals surface area contributed by atoms with Gasteiger partial charge >= 0.3 is 0 Å². The number of anilines is 1. The molecule has 3 aromatic rings. The van der Waals surface area contributed by atoms with Crippen LogP contribution in [0.5, 0.6) is 0 Å². The highest BCUT2D eigenvalue weighted by Gasteiger charge is 2.44. The van der Waals surface area contributed by atoms with Gasteiger partial charge in [0.1, 0.15) is 17.5 Å². The Kier molecular flexibility index (Phi) is 5.93. The van der Waals surface area contributed by atoms with Crippen molar-refractivity contribution < 1.29 is 22.8 Å². The molecule has 0 atom stereocenters. The zero-order chi connectivity index (χ0) is 23.9. The van der Waals surface area contributed by atoms with E-state index in [1.165, 1.54) is 23.1 Å². The number of carbonyl (C=O) groups is 2. The van der Waals surface area contributed by atoms with Gasteiger partial charge in [-0.25, -0.2) is 13.2 Å². The van der Waals surface area contributed by atoms with E-state index in [1.807, 2.05) is 0 Å². The highest BCUT2D eigenvalue weighted by Crippen LogP contribution is 2.43. The molecule has 1 heterocycles. The van der Waals surface area contributed by atoms with E-state index in [2.05, 4.69) is 5.32 Å². The van der Waals surface area contributed by atoms with Crippen LogP contribution >= 0.6 is 11.6 Å². The average Bonchev–Trinajstić information content (AvgIpc) is 2.95. The average molecular weight is 473 g/mol. The van der Waals surface area contributed by atoms with Gasteiger partial charge < -0.3 is 10.2 Å². The molecule has 0 fully saturated rings. The summed E-state index contributed by atoms with van der Waals surface area (Å²) in [6.07, 6.45) is 0. The summed E-state index contributed by atoms with van der Waals surface area (Å²) >= 11 is 6.16. The van der Waals surface area contributed by atoms with E-state index in [1.54, 1.807) is 38.1 Å². The predicted octanol–water partition coefficient (Wildman–Crippen LogP) is 5.51. The normalized spacial score (nSPS) is 14.4. The summed E-state index contributed by atoms with van der Waals surface area (Å²) in [7, 11) is 0. The van der Waals surface area contributed by atoms with Crippen LogP contribution in [0.15, 0.2) is 54.6 Å². The second-order valence-corrected chi connectivity index (χ2v) is 8.77. The summed E-state index contributed by atoms with van der Waals surface area (Å²) in [6.45, 7) is 3.29. The highest BCUT2D eigenvalue weighted by molar-refractivity contribution is 6.31. The Morgan fingerprint density at radius 3 is 2.48 bits per heavy atom. The van der Waals surface area contributed by atoms with Crippen molar-refractivity contribution in [2.24, 2.45) is 0 Å². The maximum absolute atomic E-state index is 14.4. The number of nitrogens with one attached hydrogen (secondary N) is 1. The van der Waals surface area contributed by atoms with Crippen LogP contribution in [0.3, 0.4) is 0 Å². The van der Waals surface area contributed by atoms with Crippen LogP contribution in [0.25, 0.3) is 0 Å². The van der Waals surface area contributed by atoms with Crippen molar-refractivity contribution in [2.75, 3.05) is 4.90 Å². The first-order valence-electron chi connectivity index (χ1n) is 10.2. The third-order valence-corrected chi connectivity index (χ3v) is 6.19. The lowest BCUT2D eigenvalue weighted by Crippen LogP contribution is -2.36. The van der Waals surface area contributed by atoms with E-state index in [0.29, 0.717) is 11.3 Å². The molecule has 170 valence electrons. The van der Waals surface area contributed by atoms with Gasteiger partial charge in [-0.1, -0.05) is 29.8 Å². The summed E-state index contributed by atoms with van der Waals surface area (Å²) in [6, 6.07) is 12.2. The second kappa shape index (κ2) is 8.56. The van der Waals surface area contributed by atoms with Gasteiger partial charge in [-0.3, -0.25) is 9.59 Å². The van der Waals surface area contributed by atoms with E-state index in [-0.39, 0.29) is 40.7 Å². The molecule has 1 N–H and O–H groups in total. The fraction of sp³-hybridized carbons (Fsp3) is 0.200. The summed E-state index contributed by atoms with van der Waals surface area (Å²) in [5.41, 5.74) is 0.854. The number of carbonyl (C=O) groups excluding carboxylic acids is 2. The number of hydrogen-bond donors (Lipinski definition) is 1. The van der Waals surface area contributed by atoms with Crippen molar-refractivity contribution in [1.29, 1.82) is 0 Å². The van der Waals surface area contributed by atoms with E-state index in [0.717, 1.165) is 12.1 Å². The van der Waals surface area contributed by atoms with Gasteiger partial charge in [0.2, 0.25) is 5.91 Å². The monoisotopic (exact) mass is 472 g/mol. The van der Waals surface area contributed by atoms with Crippen LogP contribution in [-0.4, -0.2) is 11.8 Å². The van der Waals surface area contributed by atoms with Gasteiger partial charge in [0.05, 0.1) is 12.0 Å². The van der Waals surface area contributed by atoms with Gasteiger partial charge in [0.15, 0.2) is 0 Å². The van der Waals surface area contributed by atoms with Gasteiger partial charge in [0, 0.05) is 40.0 Å². The molecule has 0 radical (unpaired) electrons. The molecule has 8 heteroatoms. The van der Waals surface area contributed by atoms with Gasteiger partial charge in [-0.15, -0.1) is 0 Å². The summed E-state index contributed by atoms with van der Waals surface area (Å²) < 4.78 is 41.3. The van der Waals surface area contributed by atoms with Crippen LogP contribution in [0.1, 0.15) is 40.9 Å². The Labute approximate surface area is 194 Å². The first-order valence-corrected chi connectivity index (χ1v) is 10.6. The van der Waals surface area contributed by atoms with Crippen LogP contribution in [0, 0.1) is 17.5 Å². The summed E-state index contributed by atoms with van der Waals surface area (Å²) in [5, 5.41) is 2.79. The van der Waals surface area contributed by atoms with Crippen LogP contribution in [0.2, 0.25) is 5.02 Å². The number of amides is 2. The quantitative estimate of drug-likeness (QED) is 0.532. The third kappa shape index (κ3) is 4.20. The molecule has 0 aliphatic carbocycles. The van der Waals surface area contributed by atoms with Gasteiger partial charge in [0.25, 0.3) is 5.91 Å². The third-order valence-electron chi connectivity index (χ3n) is 5.84. The van der Waals surface area contributed by atoms with Crippen molar-refractivity contribution in [2.45, 2.75) is 32.4 Å². The van der Waals surface area contributed by atoms with E-state index in [9.17, 15) is 22.8 Å². The molecule has 4 rings (SSSR count). The predicted molar refractivity (Wildman–Crippen MR) is 120 cm³/mol. The minimum Gasteiger partial charge on any atom is -0.348 e. The summed E-state index contributed by atoms with van der Waals surface area (Å²) in [4.78, 5) is 27.3. The topological polar surface area (TPSA) is 49.4 Å². The standard InChI is InChI=1S/C25H20ClF3N2O2/c1-25(2)18-9-7-14(23(32)30-12-15-6-8-16(27)11-21(15)29)10-22(18)31(24(25)33)13-17-19(26)4-3-5-20(17)28/h3-11H,12-13H2,1-2H3,(H,30,32). The molecule has 33 heavy (non-hydrogen) atoms. The number of halogens is 4. The Balaban J connectivity index is 1.62. The number of nitrogens with zero attached hydrogens (tertiary/aromatic N) is 1. The summed E-state index contributed by atoms with van der Waals surface area (Å²) in [5.74, 6) is -2.74. The van der Waals surface area contributed by atoms with Crippen molar-refractivity contribution in [3.8, 4) is 0 Å². The molecule has 1 aliphatic rings. The Hall–Kier alpha value is -3.32. The zero-order valence-corrected chi connectivity index (χ0v) is 18.6. The maximum atomic E-state index is 14.4. The van der Waals surface area contributed by atoms with Crippen LogP contribution < -0.4 is 10.2 Å². The van der Waals surface area contributed by atoms with Crippen molar-refractivity contribution >= 4 is 29.1 Å². The van der Waals surface area contributed by atoms with Crippen molar-refractivity contribution in [3.63, 3.8) is 0 Å². The molecule has 3 aromatic carbocycles. The van der Waals surface area contributed by atoms with E-state index < -0.39 is 28.8 Å². The van der Waals surface area contributed by atoms with E-state index in [4.69, 9.17) is 11.6 Å². The highest BCUT2D eigenvalue weighted by atomic mass is 35.5. The van der Waals surface area contributed by atoms with Gasteiger partial charge in [-0.05, 0) is 49.7 Å². The SMILES string of the molecule is CC1(C)C(=O)N(Cc2c(F)cccc2Cl)c2cc(C(=O)NCc3ccc(F)cc3F)ccc21. The first kappa shape index (κ1) is 22.9. The minimum atomic E-state index is -0.876. The molecular formula is C25H20ClF3N2O2. The Morgan fingerprint density at radius 1 is 1.03 bits per heavy atom. The molecule has 0 spiro atoms. The maximum Gasteiger partial charge on any atom is 0.251 e. The van der Waals surface area contributed by atoms with Gasteiger partial charge in [-0.2, -0.15) is 0 Å². The molecule has 0 aromatic heterocycles. The number of rotatable bonds is 5. The number of benzene rings is 3. The fourth-order valence-corrected chi connectivity index (χ4v) is 4.15. The van der Waals surface area contributed by atoms with Crippen molar-refractivity contribution in [1.82, 2.24) is 5.32 Å². The number of hydrogen-bond acceptors (Lipinski definition) is 2. The smallest absolute Gasteiger partial charge is 0.251 e. The molecule has 2 amide bonds. The number of fused-ring (bicyclic) bond motifs is 1. The Bertz CT molecular complexity index is 1260. The zero-order valence-electron chi connectivity index (χ0n) is 17.9. The lowest BCUT2D eigenvalue weighted by Gasteiger charge is -2.21. The molecule has 1 aliphatic heterocycles. The lowest BCUT2D eigenvalue weighted by atomic mass is 9.86. The Morgan fingerprint density at radius 2 is 1.79 bits per heavy atom. The van der Waals surface area contributed by atoms with Crippen molar-refractivity contribution in [3.05, 3.63) is 99.3 Å². The minimum absolute atomic E-state index is 0.0906. The molecule has 4 nitrogen and oxygen atoms in total.